The van der Waals surface area contributed by atoms with Crippen LogP contribution in [0.4, 0.5) is 0 Å². The Morgan fingerprint density at radius 3 is 2.84 bits per heavy atom. The van der Waals surface area contributed by atoms with Gasteiger partial charge < -0.3 is 14.2 Å². The lowest BCUT2D eigenvalue weighted by molar-refractivity contribution is -0.149. The van der Waals surface area contributed by atoms with Crippen LogP contribution in [0.15, 0.2) is 23.8 Å². The Balaban J connectivity index is 1.83. The molecule has 3 aliphatic rings. The first-order valence-electron chi connectivity index (χ1n) is 9.18. The molecule has 6 atom stereocenters. The zero-order chi connectivity index (χ0) is 18.4. The van der Waals surface area contributed by atoms with Gasteiger partial charge in [-0.05, 0) is 46.0 Å². The zero-order valence-corrected chi connectivity index (χ0v) is 15.5. The van der Waals surface area contributed by atoms with E-state index in [-0.39, 0.29) is 47.7 Å². The largest absolute Gasteiger partial charge is 0.459 e. The molecule has 3 rings (SSSR count). The monoisotopic (exact) mass is 348 g/mol. The molecular weight excluding hydrogens is 320 g/mol. The van der Waals surface area contributed by atoms with E-state index >= 15 is 0 Å². The van der Waals surface area contributed by atoms with Gasteiger partial charge in [-0.25, -0.2) is 9.59 Å². The van der Waals surface area contributed by atoms with Crippen LogP contribution < -0.4 is 0 Å². The van der Waals surface area contributed by atoms with Crippen LogP contribution in [0.3, 0.4) is 0 Å². The Hall–Kier alpha value is -1.62. The van der Waals surface area contributed by atoms with Gasteiger partial charge in [0.05, 0.1) is 5.60 Å². The number of carbonyl (C=O) groups excluding carboxylic acids is 2. The smallest absolute Gasteiger partial charge is 0.334 e. The van der Waals surface area contributed by atoms with Gasteiger partial charge in [-0.15, -0.1) is 0 Å². The molecule has 0 aromatic carbocycles. The molecule has 138 valence electrons. The number of fused-ring (bicyclic) bond motifs is 3. The number of esters is 2. The Morgan fingerprint density at radius 1 is 1.44 bits per heavy atom. The van der Waals surface area contributed by atoms with Crippen molar-refractivity contribution in [3.8, 4) is 0 Å². The SMILES string of the molecule is C=C1C(=O)O[C@H]2[C@H]1C[C@H](OC(=O)/C(C)=C\C)[C@H](C)CCC[C@@]1(C)O[C@@H]21. The Morgan fingerprint density at radius 2 is 2.16 bits per heavy atom. The second-order valence-corrected chi connectivity index (χ2v) is 7.87. The van der Waals surface area contributed by atoms with Gasteiger partial charge >= 0.3 is 11.9 Å². The molecule has 1 saturated carbocycles. The van der Waals surface area contributed by atoms with Crippen LogP contribution >= 0.6 is 0 Å². The second-order valence-electron chi connectivity index (χ2n) is 7.87. The average molecular weight is 348 g/mol. The van der Waals surface area contributed by atoms with E-state index in [1.54, 1.807) is 13.0 Å². The van der Waals surface area contributed by atoms with E-state index in [0.29, 0.717) is 17.6 Å². The Labute approximate surface area is 149 Å². The van der Waals surface area contributed by atoms with Crippen molar-refractivity contribution in [1.82, 2.24) is 0 Å². The highest BCUT2D eigenvalue weighted by atomic mass is 16.6. The fourth-order valence-electron chi connectivity index (χ4n) is 4.01. The van der Waals surface area contributed by atoms with Crippen molar-refractivity contribution in [1.29, 1.82) is 0 Å². The number of ether oxygens (including phenoxy) is 3. The standard InChI is InChI=1S/C20H28O5/c1-6-11(2)18(21)23-15-10-14-13(4)19(22)24-16(14)17-20(5,25-17)9-7-8-12(15)3/h6,12,14-17H,4,7-10H2,1-3,5H3/b11-6-/t12-,14+,15+,16+,17+,20-/m1/s1. The van der Waals surface area contributed by atoms with Gasteiger partial charge in [0, 0.05) is 17.1 Å². The van der Waals surface area contributed by atoms with Crippen molar-refractivity contribution in [3.63, 3.8) is 0 Å². The summed E-state index contributed by atoms with van der Waals surface area (Å²) in [6.45, 7) is 11.7. The molecule has 25 heavy (non-hydrogen) atoms. The summed E-state index contributed by atoms with van der Waals surface area (Å²) in [7, 11) is 0. The molecule has 5 heteroatoms. The van der Waals surface area contributed by atoms with Gasteiger partial charge in [0.25, 0.3) is 0 Å². The lowest BCUT2D eigenvalue weighted by Crippen LogP contribution is -2.35. The maximum atomic E-state index is 12.3. The topological polar surface area (TPSA) is 65.1 Å². The summed E-state index contributed by atoms with van der Waals surface area (Å²) in [5, 5.41) is 0. The molecule has 0 aromatic rings. The van der Waals surface area contributed by atoms with Gasteiger partial charge in [-0.3, -0.25) is 0 Å². The van der Waals surface area contributed by atoms with E-state index in [1.807, 2.05) is 6.92 Å². The minimum Gasteiger partial charge on any atom is -0.459 e. The quantitative estimate of drug-likeness (QED) is 0.435. The predicted molar refractivity (Wildman–Crippen MR) is 92.7 cm³/mol. The average Bonchev–Trinajstić information content (AvgIpc) is 3.17. The van der Waals surface area contributed by atoms with Crippen molar-refractivity contribution in [2.45, 2.75) is 77.3 Å². The number of allylic oxidation sites excluding steroid dienone is 1. The van der Waals surface area contributed by atoms with Gasteiger partial charge in [-0.1, -0.05) is 26.0 Å². The molecule has 0 radical (unpaired) electrons. The highest BCUT2D eigenvalue weighted by Crippen LogP contribution is 2.50. The maximum absolute atomic E-state index is 12.3. The molecule has 0 unspecified atom stereocenters. The highest BCUT2D eigenvalue weighted by Gasteiger charge is 2.62. The molecule has 2 saturated heterocycles. The molecule has 5 nitrogen and oxygen atoms in total. The van der Waals surface area contributed by atoms with Crippen molar-refractivity contribution in [2.75, 3.05) is 0 Å². The van der Waals surface area contributed by atoms with E-state index in [0.717, 1.165) is 19.3 Å². The third kappa shape index (κ3) is 3.39. The number of hydrogen-bond donors (Lipinski definition) is 0. The lowest BCUT2D eigenvalue weighted by atomic mass is 9.80. The van der Waals surface area contributed by atoms with Gasteiger partial charge in [0.1, 0.15) is 18.3 Å². The van der Waals surface area contributed by atoms with E-state index < -0.39 is 0 Å². The summed E-state index contributed by atoms with van der Waals surface area (Å²) in [6, 6.07) is 0. The minimum absolute atomic E-state index is 0.0808. The van der Waals surface area contributed by atoms with E-state index in [1.165, 1.54) is 0 Å². The third-order valence-corrected chi connectivity index (χ3v) is 6.06. The molecule has 2 aliphatic heterocycles. The molecular formula is C20H28O5. The van der Waals surface area contributed by atoms with Crippen molar-refractivity contribution in [2.24, 2.45) is 11.8 Å². The molecule has 2 heterocycles. The fourth-order valence-corrected chi connectivity index (χ4v) is 4.01. The first-order valence-corrected chi connectivity index (χ1v) is 9.18. The summed E-state index contributed by atoms with van der Waals surface area (Å²) in [5.74, 6) is -0.606. The van der Waals surface area contributed by atoms with Crippen molar-refractivity contribution < 1.29 is 23.8 Å². The van der Waals surface area contributed by atoms with Crippen LogP contribution in [0, 0.1) is 11.8 Å². The molecule has 0 amide bonds. The Bertz CT molecular complexity index is 622. The zero-order valence-electron chi connectivity index (χ0n) is 15.5. The number of epoxide rings is 1. The van der Waals surface area contributed by atoms with Crippen LogP contribution in [0.1, 0.15) is 53.4 Å². The maximum Gasteiger partial charge on any atom is 0.334 e. The van der Waals surface area contributed by atoms with Crippen LogP contribution in [-0.4, -0.2) is 35.9 Å². The van der Waals surface area contributed by atoms with Crippen molar-refractivity contribution >= 4 is 11.9 Å². The third-order valence-electron chi connectivity index (χ3n) is 6.06. The minimum atomic E-state index is -0.352. The molecule has 3 fully saturated rings. The number of rotatable bonds is 2. The highest BCUT2D eigenvalue weighted by molar-refractivity contribution is 5.91. The van der Waals surface area contributed by atoms with Gasteiger partial charge in [0.2, 0.25) is 0 Å². The normalized spacial score (nSPS) is 41.4. The summed E-state index contributed by atoms with van der Waals surface area (Å²) in [6.07, 6.45) is 4.51. The number of carbonyl (C=O) groups is 2. The van der Waals surface area contributed by atoms with Crippen LogP contribution in [0.2, 0.25) is 0 Å². The first kappa shape index (κ1) is 18.2. The number of hydrogen-bond acceptors (Lipinski definition) is 5. The molecule has 1 aliphatic carbocycles. The van der Waals surface area contributed by atoms with Crippen molar-refractivity contribution in [3.05, 3.63) is 23.8 Å². The van der Waals surface area contributed by atoms with Crippen LogP contribution in [-0.2, 0) is 23.8 Å². The van der Waals surface area contributed by atoms with E-state index in [9.17, 15) is 9.59 Å². The summed E-state index contributed by atoms with van der Waals surface area (Å²) in [4.78, 5) is 24.3. The predicted octanol–water partition coefficient (Wildman–Crippen LogP) is 3.33. The summed E-state index contributed by atoms with van der Waals surface area (Å²) < 4.78 is 17.3. The lowest BCUT2D eigenvalue weighted by Gasteiger charge is -2.29. The molecule has 0 aromatic heterocycles. The first-order chi connectivity index (χ1) is 11.8. The van der Waals surface area contributed by atoms with Crippen LogP contribution in [0.5, 0.6) is 0 Å². The van der Waals surface area contributed by atoms with Gasteiger partial charge in [0.15, 0.2) is 0 Å². The molecule has 0 N–H and O–H groups in total. The summed E-state index contributed by atoms with van der Waals surface area (Å²) in [5.41, 5.74) is 0.856. The van der Waals surface area contributed by atoms with E-state index in [4.69, 9.17) is 14.2 Å². The van der Waals surface area contributed by atoms with E-state index in [2.05, 4.69) is 20.4 Å². The summed E-state index contributed by atoms with van der Waals surface area (Å²) >= 11 is 0. The Kier molecular flexibility index (Phi) is 4.80. The van der Waals surface area contributed by atoms with Crippen LogP contribution in [0.25, 0.3) is 0 Å². The molecule has 0 spiro atoms. The fraction of sp³-hybridized carbons (Fsp3) is 0.700. The van der Waals surface area contributed by atoms with Gasteiger partial charge in [-0.2, -0.15) is 0 Å². The molecule has 0 bridgehead atoms. The second kappa shape index (κ2) is 6.60.